The van der Waals surface area contributed by atoms with Crippen LogP contribution >= 0.6 is 18.5 Å². The molecule has 2 heterocycles. The molecule has 4 heteroatoms. The standard InChI is InChI=1S/C36H23O2PS/c37-39(26-9-3-1-4-10-26,27-11-5-2-6-12-27)28-17-20-36-32(23-28)31-22-25(16-19-35(31)40-36)24-15-18-34-30(21-24)29-13-7-8-14-33(29)38-34/h1-23H. The molecule has 0 fully saturated rings. The lowest BCUT2D eigenvalue weighted by Crippen LogP contribution is -2.24. The minimum atomic E-state index is -3.05. The van der Waals surface area contributed by atoms with Crippen LogP contribution in [0.2, 0.25) is 0 Å². The van der Waals surface area contributed by atoms with Crippen LogP contribution in [0.1, 0.15) is 0 Å². The fraction of sp³-hybridized carbons (Fsp3) is 0. The molecule has 0 aliphatic heterocycles. The van der Waals surface area contributed by atoms with Gasteiger partial charge in [0.2, 0.25) is 0 Å². The van der Waals surface area contributed by atoms with Gasteiger partial charge in [-0.2, -0.15) is 0 Å². The van der Waals surface area contributed by atoms with Crippen LogP contribution in [-0.4, -0.2) is 0 Å². The molecule has 0 saturated heterocycles. The maximum Gasteiger partial charge on any atom is 0.171 e. The quantitative estimate of drug-likeness (QED) is 0.205. The highest BCUT2D eigenvalue weighted by atomic mass is 32.1. The molecule has 40 heavy (non-hydrogen) atoms. The van der Waals surface area contributed by atoms with E-state index in [0.29, 0.717) is 0 Å². The zero-order valence-corrected chi connectivity index (χ0v) is 23.2. The molecule has 0 radical (unpaired) electrons. The fourth-order valence-corrected chi connectivity index (χ4v) is 9.51. The fourth-order valence-electron chi connectivity index (χ4n) is 5.77. The van der Waals surface area contributed by atoms with Crippen LogP contribution in [0.3, 0.4) is 0 Å². The highest BCUT2D eigenvalue weighted by Crippen LogP contribution is 2.45. The number of benzene rings is 6. The Kier molecular flexibility index (Phi) is 5.31. The minimum Gasteiger partial charge on any atom is -0.456 e. The van der Waals surface area contributed by atoms with Crippen LogP contribution in [0.15, 0.2) is 144 Å². The molecule has 190 valence electrons. The zero-order chi connectivity index (χ0) is 26.7. The minimum absolute atomic E-state index is 0.849. The smallest absolute Gasteiger partial charge is 0.171 e. The number of para-hydroxylation sites is 1. The molecule has 6 aromatic carbocycles. The summed E-state index contributed by atoms with van der Waals surface area (Å²) in [6.07, 6.45) is 0. The first-order valence-electron chi connectivity index (χ1n) is 13.3. The molecule has 2 aromatic heterocycles. The van der Waals surface area contributed by atoms with E-state index in [4.69, 9.17) is 4.42 Å². The molecule has 8 aromatic rings. The first-order valence-corrected chi connectivity index (χ1v) is 15.8. The van der Waals surface area contributed by atoms with Crippen molar-refractivity contribution in [3.05, 3.63) is 140 Å². The molecular weight excluding hydrogens is 527 g/mol. The molecule has 8 rings (SSSR count). The summed E-state index contributed by atoms with van der Waals surface area (Å²) in [6, 6.07) is 47.4. The van der Waals surface area contributed by atoms with E-state index in [1.165, 1.54) is 14.8 Å². The molecule has 0 aliphatic rings. The highest BCUT2D eigenvalue weighted by molar-refractivity contribution is 7.85. The summed E-state index contributed by atoms with van der Waals surface area (Å²) in [4.78, 5) is 0. The predicted octanol–water partition coefficient (Wildman–Crippen LogP) is 9.26. The average Bonchev–Trinajstić information content (AvgIpc) is 3.58. The van der Waals surface area contributed by atoms with E-state index in [-0.39, 0.29) is 0 Å². The second-order valence-corrected chi connectivity index (χ2v) is 13.9. The summed E-state index contributed by atoms with van der Waals surface area (Å²) in [5.74, 6) is 0. The maximum atomic E-state index is 15.0. The second-order valence-electron chi connectivity index (χ2n) is 10.1. The van der Waals surface area contributed by atoms with Crippen LogP contribution in [0.5, 0.6) is 0 Å². The van der Waals surface area contributed by atoms with E-state index in [0.717, 1.165) is 54.4 Å². The van der Waals surface area contributed by atoms with Crippen molar-refractivity contribution in [1.82, 2.24) is 0 Å². The van der Waals surface area contributed by atoms with Crippen molar-refractivity contribution in [2.24, 2.45) is 0 Å². The van der Waals surface area contributed by atoms with Crippen molar-refractivity contribution >= 4 is 76.5 Å². The van der Waals surface area contributed by atoms with Gasteiger partial charge in [-0.3, -0.25) is 0 Å². The monoisotopic (exact) mass is 550 g/mol. The molecular formula is C36H23O2PS. The van der Waals surface area contributed by atoms with E-state index >= 15 is 4.57 Å². The van der Waals surface area contributed by atoms with E-state index in [1.54, 1.807) is 11.3 Å². The summed E-state index contributed by atoms with van der Waals surface area (Å²) >= 11 is 1.78. The van der Waals surface area contributed by atoms with E-state index in [9.17, 15) is 0 Å². The van der Waals surface area contributed by atoms with E-state index in [2.05, 4.69) is 66.7 Å². The van der Waals surface area contributed by atoms with Gasteiger partial charge in [0, 0.05) is 46.9 Å². The lowest BCUT2D eigenvalue weighted by molar-refractivity contribution is 0.592. The van der Waals surface area contributed by atoms with Crippen LogP contribution in [-0.2, 0) is 4.57 Å². The third-order valence-electron chi connectivity index (χ3n) is 7.77. The Balaban J connectivity index is 1.32. The maximum absolute atomic E-state index is 15.0. The van der Waals surface area contributed by atoms with Crippen LogP contribution in [0.25, 0.3) is 53.2 Å². The zero-order valence-electron chi connectivity index (χ0n) is 21.5. The summed E-state index contributed by atoms with van der Waals surface area (Å²) in [6.45, 7) is 0. The Bertz CT molecular complexity index is 2200. The summed E-state index contributed by atoms with van der Waals surface area (Å²) in [7, 11) is -3.05. The summed E-state index contributed by atoms with van der Waals surface area (Å²) in [5.41, 5.74) is 4.10. The SMILES string of the molecule is O=P(c1ccccc1)(c1ccccc1)c1ccc2sc3ccc(-c4ccc5oc6ccccc6c5c4)cc3c2c1. The lowest BCUT2D eigenvalue weighted by Gasteiger charge is -2.20. The van der Waals surface area contributed by atoms with Gasteiger partial charge in [-0.15, -0.1) is 11.3 Å². The average molecular weight is 551 g/mol. The van der Waals surface area contributed by atoms with E-state index in [1.807, 2.05) is 72.8 Å². The van der Waals surface area contributed by atoms with Crippen molar-refractivity contribution in [3.8, 4) is 11.1 Å². The molecule has 0 spiro atoms. The molecule has 0 N–H and O–H groups in total. The van der Waals surface area contributed by atoms with Gasteiger partial charge in [-0.1, -0.05) is 91.0 Å². The topological polar surface area (TPSA) is 30.2 Å². The van der Waals surface area contributed by atoms with Gasteiger partial charge in [0.05, 0.1) is 0 Å². The number of hydrogen-bond donors (Lipinski definition) is 0. The van der Waals surface area contributed by atoms with Crippen molar-refractivity contribution in [1.29, 1.82) is 0 Å². The Morgan fingerprint density at radius 1 is 0.450 bits per heavy atom. The van der Waals surface area contributed by atoms with Crippen LogP contribution in [0, 0.1) is 0 Å². The largest absolute Gasteiger partial charge is 0.456 e. The van der Waals surface area contributed by atoms with Crippen molar-refractivity contribution in [2.75, 3.05) is 0 Å². The molecule has 0 unspecified atom stereocenters. The first-order chi connectivity index (χ1) is 19.7. The lowest BCUT2D eigenvalue weighted by atomic mass is 10.0. The Morgan fingerprint density at radius 3 is 1.73 bits per heavy atom. The number of fused-ring (bicyclic) bond motifs is 6. The van der Waals surface area contributed by atoms with Gasteiger partial charge in [0.15, 0.2) is 7.14 Å². The second kappa shape index (κ2) is 9.06. The normalized spacial score (nSPS) is 12.1. The van der Waals surface area contributed by atoms with Gasteiger partial charge in [0.25, 0.3) is 0 Å². The molecule has 2 nitrogen and oxygen atoms in total. The predicted molar refractivity (Wildman–Crippen MR) is 171 cm³/mol. The van der Waals surface area contributed by atoms with Gasteiger partial charge >= 0.3 is 0 Å². The number of furan rings is 1. The number of rotatable bonds is 4. The van der Waals surface area contributed by atoms with Gasteiger partial charge in [-0.05, 0) is 59.7 Å². The Morgan fingerprint density at radius 2 is 1.00 bits per heavy atom. The highest BCUT2D eigenvalue weighted by Gasteiger charge is 2.30. The van der Waals surface area contributed by atoms with Gasteiger partial charge in [-0.25, -0.2) is 0 Å². The Hall–Kier alpha value is -4.43. The van der Waals surface area contributed by atoms with Gasteiger partial charge < -0.3 is 8.98 Å². The third-order valence-corrected chi connectivity index (χ3v) is 12.0. The summed E-state index contributed by atoms with van der Waals surface area (Å²) < 4.78 is 23.5. The number of thiophene rings is 1. The van der Waals surface area contributed by atoms with Gasteiger partial charge in [0.1, 0.15) is 11.2 Å². The Labute approximate surface area is 235 Å². The number of hydrogen-bond acceptors (Lipinski definition) is 3. The van der Waals surface area contributed by atoms with Crippen molar-refractivity contribution in [3.63, 3.8) is 0 Å². The van der Waals surface area contributed by atoms with E-state index < -0.39 is 7.14 Å². The molecule has 0 atom stereocenters. The third kappa shape index (κ3) is 3.59. The van der Waals surface area contributed by atoms with Crippen molar-refractivity contribution in [2.45, 2.75) is 0 Å². The van der Waals surface area contributed by atoms with Crippen LogP contribution in [0.4, 0.5) is 0 Å². The molecule has 0 aliphatic carbocycles. The van der Waals surface area contributed by atoms with Crippen LogP contribution < -0.4 is 15.9 Å². The first kappa shape index (κ1) is 23.5. The summed E-state index contributed by atoms with van der Waals surface area (Å²) in [5, 5.41) is 7.13. The van der Waals surface area contributed by atoms with Crippen molar-refractivity contribution < 1.29 is 8.98 Å². The molecule has 0 saturated carbocycles. The molecule has 0 amide bonds. The molecule has 0 bridgehead atoms.